The molecule has 8 heteroatoms. The topological polar surface area (TPSA) is 103 Å². The number of hydrogen-bond donors (Lipinski definition) is 2. The van der Waals surface area contributed by atoms with Crippen LogP contribution < -0.4 is 29.7 Å². The van der Waals surface area contributed by atoms with Gasteiger partial charge in [-0.1, -0.05) is 6.07 Å². The van der Waals surface area contributed by atoms with Crippen molar-refractivity contribution in [1.29, 1.82) is 0 Å². The summed E-state index contributed by atoms with van der Waals surface area (Å²) >= 11 is 0. The minimum atomic E-state index is -0.990. The van der Waals surface area contributed by atoms with Crippen molar-refractivity contribution in [2.45, 2.75) is 18.6 Å². The maximum atomic E-state index is 12.6. The maximum Gasteiger partial charge on any atom is 0.220 e. The highest BCUT2D eigenvalue weighted by Crippen LogP contribution is 2.50. The van der Waals surface area contributed by atoms with Crippen molar-refractivity contribution >= 4 is 6.41 Å². The lowest BCUT2D eigenvalue weighted by molar-refractivity contribution is -0.111. The molecule has 0 fully saturated rings. The van der Waals surface area contributed by atoms with Crippen LogP contribution >= 0.6 is 0 Å². The first-order valence-electron chi connectivity index (χ1n) is 8.92. The Balaban J connectivity index is 2.47. The number of benzene rings is 1. The first-order chi connectivity index (χ1) is 14.0. The number of ether oxygens (including phenoxy) is 4. The Morgan fingerprint density at radius 2 is 1.69 bits per heavy atom. The number of aliphatic hydroxyl groups is 1. The first-order valence-corrected chi connectivity index (χ1v) is 8.92. The van der Waals surface area contributed by atoms with Gasteiger partial charge in [0.15, 0.2) is 17.2 Å². The number of fused-ring (bicyclic) bond motifs is 3. The van der Waals surface area contributed by atoms with Gasteiger partial charge >= 0.3 is 0 Å². The largest absolute Gasteiger partial charge is 0.493 e. The Morgan fingerprint density at radius 1 is 1.00 bits per heavy atom. The van der Waals surface area contributed by atoms with Gasteiger partial charge in [0.2, 0.25) is 17.6 Å². The van der Waals surface area contributed by atoms with E-state index in [9.17, 15) is 14.7 Å². The van der Waals surface area contributed by atoms with Crippen molar-refractivity contribution in [2.75, 3.05) is 28.4 Å². The average molecular weight is 401 g/mol. The van der Waals surface area contributed by atoms with Gasteiger partial charge in [-0.3, -0.25) is 9.59 Å². The van der Waals surface area contributed by atoms with Gasteiger partial charge in [0.1, 0.15) is 0 Å². The Hall–Kier alpha value is -3.26. The molecule has 0 heterocycles. The molecule has 0 spiro atoms. The summed E-state index contributed by atoms with van der Waals surface area (Å²) in [5.74, 6) is 1.37. The zero-order valence-corrected chi connectivity index (χ0v) is 16.6. The van der Waals surface area contributed by atoms with E-state index in [-0.39, 0.29) is 17.6 Å². The average Bonchev–Trinajstić information content (AvgIpc) is 2.94. The van der Waals surface area contributed by atoms with Crippen LogP contribution in [0.1, 0.15) is 17.2 Å². The number of aliphatic hydroxyl groups excluding tert-OH is 1. The Kier molecular flexibility index (Phi) is 5.93. The monoisotopic (exact) mass is 401 g/mol. The van der Waals surface area contributed by atoms with Crippen molar-refractivity contribution in [1.82, 2.24) is 5.32 Å². The Morgan fingerprint density at radius 3 is 2.28 bits per heavy atom. The molecule has 2 atom stereocenters. The summed E-state index contributed by atoms with van der Waals surface area (Å²) in [5.41, 5.74) is 2.05. The van der Waals surface area contributed by atoms with Crippen LogP contribution in [0.3, 0.4) is 0 Å². The van der Waals surface area contributed by atoms with Gasteiger partial charge < -0.3 is 29.4 Å². The van der Waals surface area contributed by atoms with E-state index in [1.54, 1.807) is 18.2 Å². The number of amides is 1. The fourth-order valence-electron chi connectivity index (χ4n) is 3.77. The molecule has 0 bridgehead atoms. The maximum absolute atomic E-state index is 12.6. The smallest absolute Gasteiger partial charge is 0.220 e. The molecule has 0 saturated carbocycles. The summed E-state index contributed by atoms with van der Waals surface area (Å²) in [6.07, 6.45) is -0.294. The summed E-state index contributed by atoms with van der Waals surface area (Å²) < 4.78 is 21.7. The van der Waals surface area contributed by atoms with Gasteiger partial charge in [-0.15, -0.1) is 0 Å². The molecule has 0 saturated heterocycles. The zero-order valence-electron chi connectivity index (χ0n) is 16.6. The highest BCUT2D eigenvalue weighted by molar-refractivity contribution is 5.83. The molecular weight excluding hydrogens is 378 g/mol. The van der Waals surface area contributed by atoms with E-state index in [0.29, 0.717) is 40.3 Å². The van der Waals surface area contributed by atoms with Crippen LogP contribution in [-0.4, -0.2) is 46.1 Å². The number of rotatable bonds is 6. The molecule has 2 aromatic rings. The molecule has 29 heavy (non-hydrogen) atoms. The molecule has 1 amide bonds. The van der Waals surface area contributed by atoms with E-state index in [2.05, 4.69) is 5.32 Å². The second kappa shape index (κ2) is 8.40. The second-order valence-corrected chi connectivity index (χ2v) is 6.49. The lowest BCUT2D eigenvalue weighted by atomic mass is 9.95. The van der Waals surface area contributed by atoms with Crippen LogP contribution in [0.4, 0.5) is 0 Å². The minimum Gasteiger partial charge on any atom is -0.493 e. The van der Waals surface area contributed by atoms with Gasteiger partial charge in [-0.25, -0.2) is 0 Å². The van der Waals surface area contributed by atoms with Gasteiger partial charge in [0, 0.05) is 12.0 Å². The quantitative estimate of drug-likeness (QED) is 0.706. The van der Waals surface area contributed by atoms with E-state index in [4.69, 9.17) is 18.9 Å². The molecule has 1 aliphatic carbocycles. The van der Waals surface area contributed by atoms with Gasteiger partial charge in [-0.05, 0) is 34.9 Å². The third-order valence-corrected chi connectivity index (χ3v) is 5.04. The lowest BCUT2D eigenvalue weighted by Crippen LogP contribution is -2.32. The molecule has 2 unspecified atom stereocenters. The molecule has 3 rings (SSSR count). The van der Waals surface area contributed by atoms with Crippen LogP contribution in [0.5, 0.6) is 23.0 Å². The molecule has 2 N–H and O–H groups in total. The van der Waals surface area contributed by atoms with E-state index >= 15 is 0 Å². The summed E-state index contributed by atoms with van der Waals surface area (Å²) in [6, 6.07) is 5.58. The van der Waals surface area contributed by atoms with Crippen LogP contribution in [0.15, 0.2) is 29.1 Å². The molecule has 0 radical (unpaired) electrons. The highest BCUT2D eigenvalue weighted by atomic mass is 16.5. The summed E-state index contributed by atoms with van der Waals surface area (Å²) in [5, 5.41) is 13.5. The SMILES string of the molecule is COc1cc2c(c(OC)c1OC)-c1ccc(OC)c(=O)cc1C(NC=O)C(O)C2. The van der Waals surface area contributed by atoms with Gasteiger partial charge in [0.25, 0.3) is 0 Å². The van der Waals surface area contributed by atoms with E-state index in [1.807, 2.05) is 0 Å². The molecule has 0 aliphatic heterocycles. The zero-order chi connectivity index (χ0) is 21.1. The number of hydrogen-bond acceptors (Lipinski definition) is 7. The third-order valence-electron chi connectivity index (χ3n) is 5.04. The first kappa shape index (κ1) is 20.5. The van der Waals surface area contributed by atoms with Crippen molar-refractivity contribution in [3.63, 3.8) is 0 Å². The molecule has 154 valence electrons. The van der Waals surface area contributed by atoms with Crippen molar-refractivity contribution < 1.29 is 28.8 Å². The van der Waals surface area contributed by atoms with E-state index < -0.39 is 12.1 Å². The van der Waals surface area contributed by atoms with Crippen LogP contribution in [0.2, 0.25) is 0 Å². The number of nitrogens with one attached hydrogen (secondary N) is 1. The predicted molar refractivity (Wildman–Crippen MR) is 106 cm³/mol. The molecule has 0 aromatic heterocycles. The van der Waals surface area contributed by atoms with Gasteiger partial charge in [-0.2, -0.15) is 0 Å². The third kappa shape index (κ3) is 3.47. The fraction of sp³-hybridized carbons (Fsp3) is 0.333. The van der Waals surface area contributed by atoms with E-state index in [1.165, 1.54) is 34.5 Å². The van der Waals surface area contributed by atoms with Crippen molar-refractivity contribution in [3.8, 4) is 34.1 Å². The fourth-order valence-corrected chi connectivity index (χ4v) is 3.77. The second-order valence-electron chi connectivity index (χ2n) is 6.49. The van der Waals surface area contributed by atoms with Gasteiger partial charge in [0.05, 0.1) is 40.6 Å². The molecular formula is C21H23NO7. The molecule has 8 nitrogen and oxygen atoms in total. The number of carbonyl (C=O) groups excluding carboxylic acids is 1. The van der Waals surface area contributed by atoms with Crippen LogP contribution in [0.25, 0.3) is 11.1 Å². The molecule has 1 aliphatic rings. The van der Waals surface area contributed by atoms with Crippen molar-refractivity contribution in [3.05, 3.63) is 45.6 Å². The number of carbonyl (C=O) groups is 1. The lowest BCUT2D eigenvalue weighted by Gasteiger charge is -2.20. The predicted octanol–water partition coefficient (Wildman–Crippen LogP) is 1.45. The number of methoxy groups -OCH3 is 4. The molecule has 2 aromatic carbocycles. The summed E-state index contributed by atoms with van der Waals surface area (Å²) in [4.78, 5) is 23.8. The Labute approximate surface area is 168 Å². The summed E-state index contributed by atoms with van der Waals surface area (Å²) in [6.45, 7) is 0. The van der Waals surface area contributed by atoms with Crippen LogP contribution in [0, 0.1) is 0 Å². The highest BCUT2D eigenvalue weighted by Gasteiger charge is 2.33. The standard InChI is InChI=1S/C21H23NO7/c1-26-16-6-5-12-13(9-14(16)24)19(22-10-23)15(25)7-11-8-17(27-2)20(28-3)21(29-4)18(11)12/h5-6,8-10,15,19,25H,7H2,1-4H3,(H,22,23). The van der Waals surface area contributed by atoms with Crippen LogP contribution in [-0.2, 0) is 11.2 Å². The normalized spacial score (nSPS) is 17.3. The van der Waals surface area contributed by atoms with Crippen molar-refractivity contribution in [2.24, 2.45) is 0 Å². The Bertz CT molecular complexity index is 990. The summed E-state index contributed by atoms with van der Waals surface area (Å²) in [7, 11) is 5.92. The van der Waals surface area contributed by atoms with E-state index in [0.717, 1.165) is 5.56 Å². The minimum absolute atomic E-state index is 0.137.